The van der Waals surface area contributed by atoms with Crippen LogP contribution in [0.2, 0.25) is 0 Å². The molecule has 2 rings (SSSR count). The zero-order chi connectivity index (χ0) is 6.97. The smallest absolute Gasteiger partial charge is 0.121 e. The minimum Gasteiger partial charge on any atom is -0.356 e. The maximum absolute atomic E-state index is 4.50. The maximum atomic E-state index is 4.50. The summed E-state index contributed by atoms with van der Waals surface area (Å²) >= 11 is 0. The van der Waals surface area contributed by atoms with Crippen LogP contribution in [0.3, 0.4) is 0 Å². The summed E-state index contributed by atoms with van der Waals surface area (Å²) in [6, 6.07) is 0. The van der Waals surface area contributed by atoms with Gasteiger partial charge in [-0.15, -0.1) is 0 Å². The van der Waals surface area contributed by atoms with E-state index in [-0.39, 0.29) is 0 Å². The highest BCUT2D eigenvalue weighted by atomic mass is 15.3. The summed E-state index contributed by atoms with van der Waals surface area (Å²) < 4.78 is 0. The average molecular weight is 136 g/mol. The fourth-order valence-corrected chi connectivity index (χ4v) is 1.57. The van der Waals surface area contributed by atoms with Crippen LogP contribution in [-0.2, 0) is 0 Å². The van der Waals surface area contributed by atoms with Crippen LogP contribution in [0.15, 0.2) is 17.3 Å². The number of rotatable bonds is 0. The molecule has 2 heterocycles. The van der Waals surface area contributed by atoms with Crippen molar-refractivity contribution in [3.8, 4) is 0 Å². The van der Waals surface area contributed by atoms with E-state index in [1.54, 1.807) is 0 Å². The van der Waals surface area contributed by atoms with Gasteiger partial charge in [-0.2, -0.15) is 0 Å². The maximum Gasteiger partial charge on any atom is 0.121 e. The first-order chi connectivity index (χ1) is 4.86. The molecule has 0 radical (unpaired) electrons. The number of allylic oxidation sites excluding steroid dienone is 1. The average Bonchev–Trinajstić information content (AvgIpc) is 2.33. The van der Waals surface area contributed by atoms with Crippen molar-refractivity contribution < 1.29 is 0 Å². The first-order valence-electron chi connectivity index (χ1n) is 3.84. The van der Waals surface area contributed by atoms with E-state index in [0.717, 1.165) is 0 Å². The van der Waals surface area contributed by atoms with Gasteiger partial charge in [-0.05, 0) is 25.8 Å². The van der Waals surface area contributed by atoms with Gasteiger partial charge in [-0.1, -0.05) is 0 Å². The monoisotopic (exact) mass is 136 g/mol. The highest BCUT2D eigenvalue weighted by Gasteiger charge is 2.22. The molecule has 0 N–H and O–H groups in total. The number of fused-ring (bicyclic) bond motifs is 1. The lowest BCUT2D eigenvalue weighted by molar-refractivity contribution is 0.356. The van der Waals surface area contributed by atoms with Gasteiger partial charge in [0.2, 0.25) is 0 Å². The van der Waals surface area contributed by atoms with E-state index < -0.39 is 0 Å². The summed E-state index contributed by atoms with van der Waals surface area (Å²) in [6.45, 7) is 3.25. The van der Waals surface area contributed by atoms with E-state index in [9.17, 15) is 0 Å². The van der Waals surface area contributed by atoms with Crippen LogP contribution in [0.1, 0.15) is 19.8 Å². The number of nitrogens with zero attached hydrogens (tertiary/aromatic N) is 2. The van der Waals surface area contributed by atoms with Crippen LogP contribution in [0, 0.1) is 0 Å². The minimum atomic E-state index is 0.477. The molecule has 0 aromatic rings. The molecule has 2 nitrogen and oxygen atoms in total. The Balaban J connectivity index is 2.20. The molecule has 0 aliphatic carbocycles. The third-order valence-corrected chi connectivity index (χ3v) is 2.12. The molecule has 1 atom stereocenters. The van der Waals surface area contributed by atoms with E-state index in [2.05, 4.69) is 29.1 Å². The van der Waals surface area contributed by atoms with Crippen molar-refractivity contribution in [1.29, 1.82) is 0 Å². The lowest BCUT2D eigenvalue weighted by Gasteiger charge is -2.22. The molecule has 0 saturated carbocycles. The second kappa shape index (κ2) is 2.11. The summed E-state index contributed by atoms with van der Waals surface area (Å²) in [6.07, 6.45) is 7.26. The molecule has 0 aromatic heterocycles. The molecule has 10 heavy (non-hydrogen) atoms. The predicted molar refractivity (Wildman–Crippen MR) is 42.0 cm³/mol. The Labute approximate surface area is 61.2 Å². The molecular weight excluding hydrogens is 124 g/mol. The van der Waals surface area contributed by atoms with Gasteiger partial charge in [-0.25, -0.2) is 0 Å². The summed E-state index contributed by atoms with van der Waals surface area (Å²) in [5.74, 6) is 0. The summed E-state index contributed by atoms with van der Waals surface area (Å²) in [5, 5.41) is 0. The highest BCUT2D eigenvalue weighted by Crippen LogP contribution is 2.20. The van der Waals surface area contributed by atoms with Gasteiger partial charge in [0.1, 0.15) is 6.17 Å². The van der Waals surface area contributed by atoms with Crippen molar-refractivity contribution in [2.24, 2.45) is 4.99 Å². The molecular formula is C8H12N2. The van der Waals surface area contributed by atoms with E-state index in [0.29, 0.717) is 6.17 Å². The fourth-order valence-electron chi connectivity index (χ4n) is 1.57. The Morgan fingerprint density at radius 3 is 3.50 bits per heavy atom. The first-order valence-corrected chi connectivity index (χ1v) is 3.84. The second-order valence-corrected chi connectivity index (χ2v) is 2.95. The van der Waals surface area contributed by atoms with Crippen LogP contribution in [-0.4, -0.2) is 23.3 Å². The first kappa shape index (κ1) is 5.96. The minimum absolute atomic E-state index is 0.477. The topological polar surface area (TPSA) is 15.6 Å². The molecule has 2 aliphatic rings. The van der Waals surface area contributed by atoms with Crippen LogP contribution in [0.4, 0.5) is 0 Å². The van der Waals surface area contributed by atoms with Gasteiger partial charge >= 0.3 is 0 Å². The third kappa shape index (κ3) is 0.838. The molecule has 1 fully saturated rings. The zero-order valence-corrected chi connectivity index (χ0v) is 6.25. The van der Waals surface area contributed by atoms with Gasteiger partial charge in [0.25, 0.3) is 0 Å². The summed E-state index contributed by atoms with van der Waals surface area (Å²) in [5.41, 5.74) is 1.17. The van der Waals surface area contributed by atoms with Gasteiger partial charge in [0.05, 0.1) is 0 Å². The molecule has 0 amide bonds. The second-order valence-electron chi connectivity index (χ2n) is 2.95. The molecule has 54 valence electrons. The molecule has 0 aromatic carbocycles. The normalized spacial score (nSPS) is 30.3. The van der Waals surface area contributed by atoms with E-state index >= 15 is 0 Å². The summed E-state index contributed by atoms with van der Waals surface area (Å²) in [4.78, 5) is 6.81. The van der Waals surface area contributed by atoms with Crippen LogP contribution >= 0.6 is 0 Å². The highest BCUT2D eigenvalue weighted by molar-refractivity contribution is 5.93. The van der Waals surface area contributed by atoms with Crippen molar-refractivity contribution in [3.63, 3.8) is 0 Å². The molecule has 1 unspecified atom stereocenters. The Bertz CT molecular complexity index is 193. The molecule has 0 spiro atoms. The fraction of sp³-hybridized carbons (Fsp3) is 0.625. The van der Waals surface area contributed by atoms with Gasteiger partial charge in [0.15, 0.2) is 0 Å². The molecule has 2 heteroatoms. The molecule has 1 saturated heterocycles. The lowest BCUT2D eigenvalue weighted by Crippen LogP contribution is -2.25. The van der Waals surface area contributed by atoms with Crippen molar-refractivity contribution in [2.45, 2.75) is 25.9 Å². The summed E-state index contributed by atoms with van der Waals surface area (Å²) in [7, 11) is 0. The lowest BCUT2D eigenvalue weighted by atomic mass is 10.3. The Morgan fingerprint density at radius 1 is 1.70 bits per heavy atom. The van der Waals surface area contributed by atoms with Crippen molar-refractivity contribution in [2.75, 3.05) is 6.54 Å². The Morgan fingerprint density at radius 2 is 2.60 bits per heavy atom. The third-order valence-electron chi connectivity index (χ3n) is 2.12. The standard InChI is InChI=1S/C8H12N2/c1-7-4-6-10-5-2-3-8(10)9-7/h4,6,8H,2-3,5H2,1H3. The van der Waals surface area contributed by atoms with Crippen molar-refractivity contribution in [3.05, 3.63) is 12.3 Å². The van der Waals surface area contributed by atoms with E-state index in [4.69, 9.17) is 0 Å². The molecule has 2 aliphatic heterocycles. The number of aliphatic imine (C=N–C) groups is 1. The Hall–Kier alpha value is -0.790. The van der Waals surface area contributed by atoms with Crippen molar-refractivity contribution >= 4 is 5.71 Å². The SMILES string of the molecule is CC1=NC2CCCN2C=C1. The van der Waals surface area contributed by atoms with Crippen LogP contribution < -0.4 is 0 Å². The van der Waals surface area contributed by atoms with Crippen LogP contribution in [0.5, 0.6) is 0 Å². The van der Waals surface area contributed by atoms with E-state index in [1.807, 2.05) is 0 Å². The predicted octanol–water partition coefficient (Wildman–Crippen LogP) is 1.40. The van der Waals surface area contributed by atoms with Gasteiger partial charge < -0.3 is 4.90 Å². The Kier molecular flexibility index (Phi) is 1.26. The van der Waals surface area contributed by atoms with Gasteiger partial charge in [-0.3, -0.25) is 4.99 Å². The zero-order valence-electron chi connectivity index (χ0n) is 6.25. The number of hydrogen-bond donors (Lipinski definition) is 0. The van der Waals surface area contributed by atoms with Crippen LogP contribution in [0.25, 0.3) is 0 Å². The molecule has 0 bridgehead atoms. The van der Waals surface area contributed by atoms with Crippen molar-refractivity contribution in [1.82, 2.24) is 4.90 Å². The van der Waals surface area contributed by atoms with Gasteiger partial charge in [0, 0.05) is 18.5 Å². The largest absolute Gasteiger partial charge is 0.356 e. The quantitative estimate of drug-likeness (QED) is 0.491. The van der Waals surface area contributed by atoms with E-state index in [1.165, 1.54) is 25.1 Å². The number of hydrogen-bond acceptors (Lipinski definition) is 2.